The third-order valence-electron chi connectivity index (χ3n) is 4.18. The van der Waals surface area contributed by atoms with Crippen LogP contribution in [0, 0.1) is 11.3 Å². The van der Waals surface area contributed by atoms with E-state index in [-0.39, 0.29) is 5.91 Å². The second kappa shape index (κ2) is 8.48. The van der Waals surface area contributed by atoms with E-state index in [9.17, 15) is 10.1 Å². The Hall–Kier alpha value is -3.16. The van der Waals surface area contributed by atoms with Gasteiger partial charge in [0.15, 0.2) is 0 Å². The van der Waals surface area contributed by atoms with Crippen molar-refractivity contribution in [3.63, 3.8) is 0 Å². The molecule has 3 aromatic rings. The highest BCUT2D eigenvalue weighted by atomic mass is 35.5. The SMILES string of the molecule is CCCc1ccc(-c2cncc(C(=O)Nc3cc(Cl)ccc3C#N)c2)cc1. The fourth-order valence-electron chi connectivity index (χ4n) is 2.79. The number of hydrogen-bond acceptors (Lipinski definition) is 3. The summed E-state index contributed by atoms with van der Waals surface area (Å²) in [5, 5.41) is 12.4. The van der Waals surface area contributed by atoms with Crippen LogP contribution in [0.2, 0.25) is 5.02 Å². The summed E-state index contributed by atoms with van der Waals surface area (Å²) in [6.07, 6.45) is 5.37. The average Bonchev–Trinajstić information content (AvgIpc) is 2.69. The number of halogens is 1. The molecule has 134 valence electrons. The van der Waals surface area contributed by atoms with Crippen LogP contribution in [0.1, 0.15) is 34.8 Å². The van der Waals surface area contributed by atoms with Gasteiger partial charge in [-0.05, 0) is 41.8 Å². The number of benzene rings is 2. The van der Waals surface area contributed by atoms with Crippen LogP contribution in [0.15, 0.2) is 60.9 Å². The van der Waals surface area contributed by atoms with E-state index in [0.717, 1.165) is 24.0 Å². The molecular weight excluding hydrogens is 358 g/mol. The van der Waals surface area contributed by atoms with Crippen LogP contribution in [0.3, 0.4) is 0 Å². The molecule has 1 aromatic heterocycles. The van der Waals surface area contributed by atoms with Gasteiger partial charge in [0, 0.05) is 23.0 Å². The number of nitrogens with one attached hydrogen (secondary N) is 1. The Labute approximate surface area is 163 Å². The minimum absolute atomic E-state index is 0.342. The number of aryl methyl sites for hydroxylation is 1. The third kappa shape index (κ3) is 4.52. The molecule has 0 radical (unpaired) electrons. The van der Waals surface area contributed by atoms with Gasteiger partial charge in [-0.2, -0.15) is 5.26 Å². The monoisotopic (exact) mass is 375 g/mol. The van der Waals surface area contributed by atoms with E-state index < -0.39 is 0 Å². The molecule has 0 unspecified atom stereocenters. The fourth-order valence-corrected chi connectivity index (χ4v) is 2.96. The minimum atomic E-state index is -0.342. The van der Waals surface area contributed by atoms with Gasteiger partial charge < -0.3 is 5.32 Å². The van der Waals surface area contributed by atoms with Crippen molar-refractivity contribution in [2.75, 3.05) is 5.32 Å². The highest BCUT2D eigenvalue weighted by Crippen LogP contribution is 2.23. The molecule has 0 fully saturated rings. The lowest BCUT2D eigenvalue weighted by Crippen LogP contribution is -2.13. The molecule has 0 spiro atoms. The van der Waals surface area contributed by atoms with Gasteiger partial charge in [-0.1, -0.05) is 49.2 Å². The Morgan fingerprint density at radius 3 is 2.59 bits per heavy atom. The van der Waals surface area contributed by atoms with Crippen molar-refractivity contribution in [2.45, 2.75) is 19.8 Å². The van der Waals surface area contributed by atoms with E-state index in [0.29, 0.717) is 21.8 Å². The van der Waals surface area contributed by atoms with E-state index in [1.54, 1.807) is 30.5 Å². The topological polar surface area (TPSA) is 65.8 Å². The van der Waals surface area contributed by atoms with Gasteiger partial charge in [-0.15, -0.1) is 0 Å². The summed E-state index contributed by atoms with van der Waals surface area (Å²) >= 11 is 5.97. The van der Waals surface area contributed by atoms with Gasteiger partial charge in [0.1, 0.15) is 6.07 Å². The third-order valence-corrected chi connectivity index (χ3v) is 4.41. The standard InChI is InChI=1S/C22H18ClN3O/c1-2-3-15-4-6-16(7-5-15)18-10-19(14-25-13-18)22(27)26-21-11-20(23)9-8-17(21)12-24/h4-11,13-14H,2-3H2,1H3,(H,26,27). The summed E-state index contributed by atoms with van der Waals surface area (Å²) in [5.41, 5.74) is 4.28. The van der Waals surface area contributed by atoms with Crippen molar-refractivity contribution in [3.05, 3.63) is 82.6 Å². The first-order valence-electron chi connectivity index (χ1n) is 8.66. The zero-order chi connectivity index (χ0) is 19.2. The molecule has 0 saturated heterocycles. The van der Waals surface area contributed by atoms with Crippen molar-refractivity contribution in [1.29, 1.82) is 5.26 Å². The van der Waals surface area contributed by atoms with Crippen molar-refractivity contribution in [3.8, 4) is 17.2 Å². The fraction of sp³-hybridized carbons (Fsp3) is 0.136. The average molecular weight is 376 g/mol. The van der Waals surface area contributed by atoms with Crippen LogP contribution < -0.4 is 5.32 Å². The van der Waals surface area contributed by atoms with Gasteiger partial charge in [-0.3, -0.25) is 9.78 Å². The second-order valence-electron chi connectivity index (χ2n) is 6.17. The van der Waals surface area contributed by atoms with E-state index >= 15 is 0 Å². The molecule has 27 heavy (non-hydrogen) atoms. The molecule has 1 N–H and O–H groups in total. The molecule has 4 nitrogen and oxygen atoms in total. The Kier molecular flexibility index (Phi) is 5.85. The molecule has 1 amide bonds. The Balaban J connectivity index is 1.84. The predicted molar refractivity (Wildman–Crippen MR) is 108 cm³/mol. The lowest BCUT2D eigenvalue weighted by atomic mass is 10.0. The summed E-state index contributed by atoms with van der Waals surface area (Å²) in [6.45, 7) is 2.15. The van der Waals surface area contributed by atoms with Gasteiger partial charge in [0.2, 0.25) is 0 Å². The largest absolute Gasteiger partial charge is 0.321 e. The number of amides is 1. The highest BCUT2D eigenvalue weighted by Gasteiger charge is 2.11. The first-order valence-corrected chi connectivity index (χ1v) is 9.04. The van der Waals surface area contributed by atoms with Crippen LogP contribution in [-0.2, 0) is 6.42 Å². The van der Waals surface area contributed by atoms with Crippen LogP contribution in [-0.4, -0.2) is 10.9 Å². The number of nitrogens with zero attached hydrogens (tertiary/aromatic N) is 2. The second-order valence-corrected chi connectivity index (χ2v) is 6.60. The molecule has 3 rings (SSSR count). The van der Waals surface area contributed by atoms with Crippen LogP contribution in [0.25, 0.3) is 11.1 Å². The minimum Gasteiger partial charge on any atom is -0.321 e. The van der Waals surface area contributed by atoms with Gasteiger partial charge in [0.05, 0.1) is 16.8 Å². The van der Waals surface area contributed by atoms with E-state index in [1.165, 1.54) is 11.8 Å². The van der Waals surface area contributed by atoms with Gasteiger partial charge >= 0.3 is 0 Å². The maximum atomic E-state index is 12.6. The number of hydrogen-bond donors (Lipinski definition) is 1. The summed E-state index contributed by atoms with van der Waals surface area (Å²) < 4.78 is 0. The van der Waals surface area contributed by atoms with Gasteiger partial charge in [-0.25, -0.2) is 0 Å². The predicted octanol–water partition coefficient (Wildman–Crippen LogP) is 5.48. The van der Waals surface area contributed by atoms with Crippen LogP contribution in [0.4, 0.5) is 5.69 Å². The molecule has 0 bridgehead atoms. The number of pyridine rings is 1. The smallest absolute Gasteiger partial charge is 0.257 e. The Morgan fingerprint density at radius 2 is 1.89 bits per heavy atom. The Bertz CT molecular complexity index is 1010. The molecule has 0 atom stereocenters. The van der Waals surface area contributed by atoms with Crippen molar-refractivity contribution in [2.24, 2.45) is 0 Å². The molecule has 0 aliphatic carbocycles. The number of nitriles is 1. The summed E-state index contributed by atoms with van der Waals surface area (Å²) in [7, 11) is 0. The summed E-state index contributed by atoms with van der Waals surface area (Å²) in [5.74, 6) is -0.342. The first-order chi connectivity index (χ1) is 13.1. The zero-order valence-corrected chi connectivity index (χ0v) is 15.6. The molecule has 0 aliphatic heterocycles. The zero-order valence-electron chi connectivity index (χ0n) is 14.9. The number of rotatable bonds is 5. The number of aromatic nitrogens is 1. The van der Waals surface area contributed by atoms with Crippen molar-refractivity contribution >= 4 is 23.2 Å². The highest BCUT2D eigenvalue weighted by molar-refractivity contribution is 6.31. The Morgan fingerprint density at radius 1 is 1.11 bits per heavy atom. The van der Waals surface area contributed by atoms with Crippen LogP contribution >= 0.6 is 11.6 Å². The molecule has 1 heterocycles. The lowest BCUT2D eigenvalue weighted by molar-refractivity contribution is 0.102. The molecule has 2 aromatic carbocycles. The quantitative estimate of drug-likeness (QED) is 0.642. The van der Waals surface area contributed by atoms with E-state index in [1.807, 2.05) is 18.2 Å². The summed E-state index contributed by atoms with van der Waals surface area (Å²) in [6, 6.07) is 16.8. The normalized spacial score (nSPS) is 10.3. The number of carbonyl (C=O) groups is 1. The first kappa shape index (κ1) is 18.6. The van der Waals surface area contributed by atoms with E-state index in [2.05, 4.69) is 29.4 Å². The van der Waals surface area contributed by atoms with Gasteiger partial charge in [0.25, 0.3) is 5.91 Å². The molecule has 0 saturated carbocycles. The molecule has 5 heteroatoms. The maximum Gasteiger partial charge on any atom is 0.257 e. The molecule has 0 aliphatic rings. The summed E-state index contributed by atoms with van der Waals surface area (Å²) in [4.78, 5) is 16.8. The number of anilines is 1. The van der Waals surface area contributed by atoms with E-state index in [4.69, 9.17) is 11.6 Å². The van der Waals surface area contributed by atoms with Crippen molar-refractivity contribution < 1.29 is 4.79 Å². The lowest BCUT2D eigenvalue weighted by Gasteiger charge is -2.09. The number of carbonyl (C=O) groups excluding carboxylic acids is 1. The van der Waals surface area contributed by atoms with Crippen molar-refractivity contribution in [1.82, 2.24) is 4.98 Å². The van der Waals surface area contributed by atoms with Crippen LogP contribution in [0.5, 0.6) is 0 Å². The maximum absolute atomic E-state index is 12.6. The molecular formula is C22H18ClN3O.